The lowest BCUT2D eigenvalue weighted by Crippen LogP contribution is -2.17. The molecule has 0 atom stereocenters. The van der Waals surface area contributed by atoms with Crippen LogP contribution in [0.25, 0.3) is 0 Å². The number of halogens is 2. The number of rotatable bonds is 5. The van der Waals surface area contributed by atoms with Gasteiger partial charge in [0.05, 0.1) is 6.61 Å². The largest absolute Gasteiger partial charge is 0.466 e. The van der Waals surface area contributed by atoms with Gasteiger partial charge >= 0.3 is 5.97 Å². The zero-order valence-electron chi connectivity index (χ0n) is 7.90. The molecule has 0 rings (SSSR count). The van der Waals surface area contributed by atoms with Crippen molar-refractivity contribution in [2.24, 2.45) is 0 Å². The summed E-state index contributed by atoms with van der Waals surface area (Å²) in [5, 5.41) is 0.878. The van der Waals surface area contributed by atoms with Gasteiger partial charge in [-0.05, 0) is 19.4 Å². The molecule has 0 aliphatic heterocycles. The lowest BCUT2D eigenvalue weighted by molar-refractivity contribution is -0.141. The summed E-state index contributed by atoms with van der Waals surface area (Å²) in [5.41, 5.74) is 0. The van der Waals surface area contributed by atoms with E-state index in [1.165, 1.54) is 6.92 Å². The third-order valence-electron chi connectivity index (χ3n) is 1.55. The van der Waals surface area contributed by atoms with Crippen molar-refractivity contribution in [2.45, 2.75) is 26.3 Å². The highest BCUT2D eigenvalue weighted by Crippen LogP contribution is 2.25. The second-order valence-corrected chi connectivity index (χ2v) is 10.5. The van der Waals surface area contributed by atoms with E-state index >= 15 is 0 Å². The monoisotopic (exact) mass is 240 g/mol. The Morgan fingerprint density at radius 2 is 2.08 bits per heavy atom. The predicted octanol–water partition coefficient (Wildman–Crippen LogP) is 2.97. The molecular weight excluding hydrogens is 227 g/mol. The quantitative estimate of drug-likeness (QED) is 0.320. The van der Waals surface area contributed by atoms with Crippen LogP contribution in [0, 0.1) is 0 Å². The number of ether oxygens (including phenoxy) is 1. The fourth-order valence-electron chi connectivity index (χ4n) is 0.721. The number of hydrogen-bond donors (Lipinski definition) is 0. The van der Waals surface area contributed by atoms with Gasteiger partial charge in [-0.15, -0.1) is 28.7 Å². The summed E-state index contributed by atoms with van der Waals surface area (Å²) in [6, 6.07) is 0. The van der Waals surface area contributed by atoms with Gasteiger partial charge in [-0.1, -0.05) is 5.20 Å². The lowest BCUT2D eigenvalue weighted by Gasteiger charge is -2.13. The van der Waals surface area contributed by atoms with Crippen molar-refractivity contribution in [3.8, 4) is 0 Å². The van der Waals surface area contributed by atoms with Crippen LogP contribution in [-0.4, -0.2) is 19.3 Å². The van der Waals surface area contributed by atoms with E-state index in [1.54, 1.807) is 0 Å². The van der Waals surface area contributed by atoms with Gasteiger partial charge in [0.15, 0.2) is 0 Å². The first-order valence-electron chi connectivity index (χ1n) is 4.03. The molecule has 0 aromatic carbocycles. The maximum Gasteiger partial charge on any atom is 0.302 e. The molecule has 0 amide bonds. The second kappa shape index (κ2) is 5.68. The molecule has 2 nitrogen and oxygen atoms in total. The van der Waals surface area contributed by atoms with Gasteiger partial charge in [0.1, 0.15) is 0 Å². The van der Waals surface area contributed by atoms with Crippen molar-refractivity contribution in [3.63, 3.8) is 0 Å². The molecule has 0 heterocycles. The summed E-state index contributed by atoms with van der Waals surface area (Å²) in [7, 11) is 0. The van der Waals surface area contributed by atoms with Gasteiger partial charge in [0, 0.05) is 6.92 Å². The Labute approximate surface area is 89.3 Å². The highest BCUT2D eigenvalue weighted by molar-refractivity contribution is 7.47. The first kappa shape index (κ1) is 13.0. The second-order valence-electron chi connectivity index (χ2n) is 2.94. The van der Waals surface area contributed by atoms with Crippen LogP contribution in [0.4, 0.5) is 0 Å². The Morgan fingerprint density at radius 1 is 1.54 bits per heavy atom. The van der Waals surface area contributed by atoms with Gasteiger partial charge in [0.2, 0.25) is 0 Å². The fourth-order valence-corrected chi connectivity index (χ4v) is 1.90. The Bertz CT molecular complexity index is 199. The van der Waals surface area contributed by atoms with E-state index in [0.717, 1.165) is 18.0 Å². The molecule has 5 heteroatoms. The SMILES string of the molecule is C=C(CCCOC(C)=O)[Si](C)(Cl)Cl. The van der Waals surface area contributed by atoms with Crippen molar-refractivity contribution in [1.82, 2.24) is 0 Å². The highest BCUT2D eigenvalue weighted by Gasteiger charge is 2.24. The van der Waals surface area contributed by atoms with Crippen molar-refractivity contribution in [2.75, 3.05) is 6.61 Å². The average Bonchev–Trinajstić information content (AvgIpc) is 1.95. The zero-order chi connectivity index (χ0) is 10.5. The standard InChI is InChI=1S/C8H14Cl2O2Si/c1-7(13(3,9)10)5-4-6-12-8(2)11/h1,4-6H2,2-3H3. The number of carbonyl (C=O) groups is 1. The minimum absolute atomic E-state index is 0.262. The minimum atomic E-state index is -2.23. The summed E-state index contributed by atoms with van der Waals surface area (Å²) in [5.74, 6) is -0.262. The first-order valence-corrected chi connectivity index (χ1v) is 8.56. The summed E-state index contributed by atoms with van der Waals surface area (Å²) >= 11 is 11.8. The van der Waals surface area contributed by atoms with Gasteiger partial charge in [-0.3, -0.25) is 4.79 Å². The van der Waals surface area contributed by atoms with Gasteiger partial charge in [0.25, 0.3) is 6.69 Å². The summed E-state index contributed by atoms with van der Waals surface area (Å²) in [6.07, 6.45) is 1.46. The van der Waals surface area contributed by atoms with Crippen molar-refractivity contribution < 1.29 is 9.53 Å². The Hall–Kier alpha value is 0.00688. The minimum Gasteiger partial charge on any atom is -0.466 e. The molecule has 0 aromatic rings. The van der Waals surface area contributed by atoms with E-state index < -0.39 is 6.69 Å². The maximum absolute atomic E-state index is 10.4. The molecule has 0 aromatic heterocycles. The van der Waals surface area contributed by atoms with E-state index in [0.29, 0.717) is 6.61 Å². The molecule has 76 valence electrons. The third kappa shape index (κ3) is 7.11. The van der Waals surface area contributed by atoms with Crippen LogP contribution in [0.2, 0.25) is 6.55 Å². The molecule has 0 radical (unpaired) electrons. The summed E-state index contributed by atoms with van der Waals surface area (Å²) in [4.78, 5) is 10.4. The van der Waals surface area contributed by atoms with E-state index in [-0.39, 0.29) is 5.97 Å². The molecular formula is C8H14Cl2O2Si. The molecule has 0 bridgehead atoms. The van der Waals surface area contributed by atoms with Crippen LogP contribution in [0.5, 0.6) is 0 Å². The summed E-state index contributed by atoms with van der Waals surface area (Å²) < 4.78 is 4.75. The summed E-state index contributed by atoms with van der Waals surface area (Å²) in [6.45, 7) is 5.18. The fraction of sp³-hybridized carbons (Fsp3) is 0.625. The molecule has 0 spiro atoms. The normalized spacial score (nSPS) is 11.1. The van der Waals surface area contributed by atoms with E-state index in [2.05, 4.69) is 6.58 Å². The molecule has 0 N–H and O–H groups in total. The topological polar surface area (TPSA) is 26.3 Å². The average molecular weight is 241 g/mol. The highest BCUT2D eigenvalue weighted by atomic mass is 35.7. The van der Waals surface area contributed by atoms with Crippen LogP contribution in [0.3, 0.4) is 0 Å². The maximum atomic E-state index is 10.4. The molecule has 0 saturated carbocycles. The Balaban J connectivity index is 3.55. The number of esters is 1. The molecule has 0 unspecified atom stereocenters. The predicted molar refractivity (Wildman–Crippen MR) is 58.3 cm³/mol. The van der Waals surface area contributed by atoms with Crippen molar-refractivity contribution in [1.29, 1.82) is 0 Å². The van der Waals surface area contributed by atoms with Crippen LogP contribution < -0.4 is 0 Å². The van der Waals surface area contributed by atoms with Crippen LogP contribution in [0.1, 0.15) is 19.8 Å². The molecule has 0 aliphatic carbocycles. The van der Waals surface area contributed by atoms with Gasteiger partial charge in [-0.2, -0.15) is 0 Å². The van der Waals surface area contributed by atoms with Crippen molar-refractivity contribution in [3.05, 3.63) is 11.8 Å². The molecule has 0 saturated heterocycles. The van der Waals surface area contributed by atoms with Crippen LogP contribution in [-0.2, 0) is 9.53 Å². The van der Waals surface area contributed by atoms with Crippen LogP contribution in [0.15, 0.2) is 11.8 Å². The zero-order valence-corrected chi connectivity index (χ0v) is 10.4. The van der Waals surface area contributed by atoms with Crippen molar-refractivity contribution >= 4 is 34.8 Å². The number of hydrogen-bond acceptors (Lipinski definition) is 2. The first-order chi connectivity index (χ1) is 5.84. The van der Waals surface area contributed by atoms with Gasteiger partial charge < -0.3 is 4.74 Å². The molecule has 13 heavy (non-hydrogen) atoms. The Kier molecular flexibility index (Phi) is 5.68. The molecule has 0 fully saturated rings. The number of carbonyl (C=O) groups excluding carboxylic acids is 1. The number of allylic oxidation sites excluding steroid dienone is 1. The molecule has 0 aliphatic rings. The third-order valence-corrected chi connectivity index (χ3v) is 4.64. The van der Waals surface area contributed by atoms with Crippen LogP contribution >= 0.6 is 22.2 Å². The Morgan fingerprint density at radius 3 is 2.46 bits per heavy atom. The van der Waals surface area contributed by atoms with E-state index in [4.69, 9.17) is 26.9 Å². The van der Waals surface area contributed by atoms with E-state index in [9.17, 15) is 4.79 Å². The van der Waals surface area contributed by atoms with Gasteiger partial charge in [-0.25, -0.2) is 0 Å². The lowest BCUT2D eigenvalue weighted by atomic mass is 10.3. The van der Waals surface area contributed by atoms with E-state index in [1.807, 2.05) is 6.55 Å². The smallest absolute Gasteiger partial charge is 0.302 e.